The van der Waals surface area contributed by atoms with Gasteiger partial charge in [0.05, 0.1) is 23.9 Å². The molecular formula is C18H21N3O. The second-order valence-electron chi connectivity index (χ2n) is 5.78. The predicted octanol–water partition coefficient (Wildman–Crippen LogP) is 3.21. The summed E-state index contributed by atoms with van der Waals surface area (Å²) >= 11 is 0. The summed E-state index contributed by atoms with van der Waals surface area (Å²) in [5.41, 5.74) is 3.28. The highest BCUT2D eigenvalue weighted by Crippen LogP contribution is 2.22. The van der Waals surface area contributed by atoms with Gasteiger partial charge in [-0.15, -0.1) is 0 Å². The van der Waals surface area contributed by atoms with Gasteiger partial charge in [-0.3, -0.25) is 5.10 Å². The number of fused-ring (bicyclic) bond motifs is 1. The van der Waals surface area contributed by atoms with Gasteiger partial charge in [0.1, 0.15) is 0 Å². The second kappa shape index (κ2) is 6.30. The van der Waals surface area contributed by atoms with E-state index in [2.05, 4.69) is 64.9 Å². The van der Waals surface area contributed by atoms with Crippen LogP contribution in [-0.2, 0) is 16.8 Å². The van der Waals surface area contributed by atoms with Crippen molar-refractivity contribution < 1.29 is 4.74 Å². The molecule has 114 valence electrons. The molecule has 0 aliphatic carbocycles. The molecule has 0 aliphatic rings. The summed E-state index contributed by atoms with van der Waals surface area (Å²) in [7, 11) is 1.74. The van der Waals surface area contributed by atoms with Crippen molar-refractivity contribution in [3.63, 3.8) is 0 Å². The van der Waals surface area contributed by atoms with Gasteiger partial charge in [-0.2, -0.15) is 5.10 Å². The van der Waals surface area contributed by atoms with Gasteiger partial charge < -0.3 is 10.1 Å². The highest BCUT2D eigenvalue weighted by Gasteiger charge is 2.25. The molecular weight excluding hydrogens is 274 g/mol. The lowest BCUT2D eigenvalue weighted by Crippen LogP contribution is -2.43. The maximum atomic E-state index is 5.43. The number of aromatic nitrogens is 2. The van der Waals surface area contributed by atoms with Crippen LogP contribution in [0.4, 0.5) is 0 Å². The molecule has 2 aromatic carbocycles. The number of hydrogen-bond acceptors (Lipinski definition) is 3. The molecule has 1 atom stereocenters. The van der Waals surface area contributed by atoms with Crippen molar-refractivity contribution in [2.45, 2.75) is 19.0 Å². The third-order valence-electron chi connectivity index (χ3n) is 4.03. The van der Waals surface area contributed by atoms with Crippen LogP contribution in [0.15, 0.2) is 54.7 Å². The fourth-order valence-corrected chi connectivity index (χ4v) is 2.72. The average Bonchev–Trinajstić information content (AvgIpc) is 3.02. The van der Waals surface area contributed by atoms with Gasteiger partial charge in [0.2, 0.25) is 0 Å². The average molecular weight is 295 g/mol. The fraction of sp³-hybridized carbons (Fsp3) is 0.278. The van der Waals surface area contributed by atoms with E-state index >= 15 is 0 Å². The number of H-pyrrole nitrogens is 1. The zero-order valence-electron chi connectivity index (χ0n) is 13.0. The fourth-order valence-electron chi connectivity index (χ4n) is 2.72. The monoisotopic (exact) mass is 295 g/mol. The largest absolute Gasteiger partial charge is 0.382 e. The van der Waals surface area contributed by atoms with Crippen LogP contribution in [0.25, 0.3) is 10.9 Å². The normalized spacial score (nSPS) is 14.1. The summed E-state index contributed by atoms with van der Waals surface area (Å²) in [5.74, 6) is 0. The number of nitrogens with zero attached hydrogens (tertiary/aromatic N) is 1. The number of ether oxygens (including phenoxy) is 1. The molecule has 0 amide bonds. The van der Waals surface area contributed by atoms with Crippen molar-refractivity contribution in [3.05, 3.63) is 65.9 Å². The summed E-state index contributed by atoms with van der Waals surface area (Å²) in [6.07, 6.45) is 1.84. The SMILES string of the molecule is COC[C@@](C)(NCc1ccc2cn[nH]c2c1)c1ccccc1. The standard InChI is InChI=1S/C18H21N3O/c1-18(13-22-2,16-6-4-3-5-7-16)19-11-14-8-9-15-12-20-21-17(15)10-14/h3-10,12,19H,11,13H2,1-2H3,(H,20,21)/t18-/m1/s1. The Hall–Kier alpha value is -2.17. The Morgan fingerprint density at radius 1 is 1.18 bits per heavy atom. The Labute approximate surface area is 130 Å². The van der Waals surface area contributed by atoms with E-state index in [0.29, 0.717) is 6.61 Å². The van der Waals surface area contributed by atoms with Gasteiger partial charge in [-0.1, -0.05) is 42.5 Å². The van der Waals surface area contributed by atoms with Gasteiger partial charge in [0, 0.05) is 19.0 Å². The van der Waals surface area contributed by atoms with Gasteiger partial charge >= 0.3 is 0 Å². The first-order valence-electron chi connectivity index (χ1n) is 7.43. The quantitative estimate of drug-likeness (QED) is 0.734. The molecule has 2 N–H and O–H groups in total. The second-order valence-corrected chi connectivity index (χ2v) is 5.78. The van der Waals surface area contributed by atoms with Crippen molar-refractivity contribution >= 4 is 10.9 Å². The van der Waals surface area contributed by atoms with E-state index in [1.165, 1.54) is 11.1 Å². The summed E-state index contributed by atoms with van der Waals surface area (Å²) in [6, 6.07) is 16.8. The summed E-state index contributed by atoms with van der Waals surface area (Å²) in [6.45, 7) is 3.55. The van der Waals surface area contributed by atoms with Crippen LogP contribution < -0.4 is 5.32 Å². The zero-order valence-corrected chi connectivity index (χ0v) is 13.0. The van der Waals surface area contributed by atoms with Crippen LogP contribution in [0.2, 0.25) is 0 Å². The van der Waals surface area contributed by atoms with E-state index in [0.717, 1.165) is 17.4 Å². The van der Waals surface area contributed by atoms with Crippen molar-refractivity contribution in [1.82, 2.24) is 15.5 Å². The molecule has 1 aromatic heterocycles. The molecule has 0 unspecified atom stereocenters. The van der Waals surface area contributed by atoms with E-state index in [-0.39, 0.29) is 5.54 Å². The van der Waals surface area contributed by atoms with Crippen molar-refractivity contribution in [3.8, 4) is 0 Å². The lowest BCUT2D eigenvalue weighted by atomic mass is 9.92. The maximum Gasteiger partial charge on any atom is 0.0683 e. The Morgan fingerprint density at radius 3 is 2.77 bits per heavy atom. The first-order chi connectivity index (χ1) is 10.7. The minimum atomic E-state index is -0.223. The van der Waals surface area contributed by atoms with E-state index < -0.39 is 0 Å². The molecule has 22 heavy (non-hydrogen) atoms. The third-order valence-corrected chi connectivity index (χ3v) is 4.03. The van der Waals surface area contributed by atoms with E-state index in [1.807, 2.05) is 12.3 Å². The number of hydrogen-bond donors (Lipinski definition) is 2. The molecule has 0 bridgehead atoms. The lowest BCUT2D eigenvalue weighted by molar-refractivity contribution is 0.117. The Kier molecular flexibility index (Phi) is 4.22. The van der Waals surface area contributed by atoms with Crippen LogP contribution in [0, 0.1) is 0 Å². The van der Waals surface area contributed by atoms with E-state index in [1.54, 1.807) is 7.11 Å². The van der Waals surface area contributed by atoms with Crippen LogP contribution >= 0.6 is 0 Å². The first kappa shape index (κ1) is 14.8. The van der Waals surface area contributed by atoms with E-state index in [9.17, 15) is 0 Å². The van der Waals surface area contributed by atoms with E-state index in [4.69, 9.17) is 4.74 Å². The summed E-state index contributed by atoms with van der Waals surface area (Å²) < 4.78 is 5.43. The smallest absolute Gasteiger partial charge is 0.0683 e. The molecule has 3 aromatic rings. The molecule has 0 fully saturated rings. The lowest BCUT2D eigenvalue weighted by Gasteiger charge is -2.31. The molecule has 4 heteroatoms. The molecule has 4 nitrogen and oxygen atoms in total. The number of benzene rings is 2. The van der Waals surface area contributed by atoms with Gasteiger partial charge in [0.15, 0.2) is 0 Å². The van der Waals surface area contributed by atoms with Crippen LogP contribution in [0.3, 0.4) is 0 Å². The number of methoxy groups -OCH3 is 1. The topological polar surface area (TPSA) is 49.9 Å². The highest BCUT2D eigenvalue weighted by atomic mass is 16.5. The number of rotatable bonds is 6. The van der Waals surface area contributed by atoms with Gasteiger partial charge in [-0.25, -0.2) is 0 Å². The summed E-state index contributed by atoms with van der Waals surface area (Å²) in [5, 5.41) is 11.8. The molecule has 0 radical (unpaired) electrons. The first-order valence-corrected chi connectivity index (χ1v) is 7.43. The minimum absolute atomic E-state index is 0.223. The van der Waals surface area contributed by atoms with Crippen molar-refractivity contribution in [2.24, 2.45) is 0 Å². The molecule has 0 aliphatic heterocycles. The zero-order chi connectivity index (χ0) is 15.4. The minimum Gasteiger partial charge on any atom is -0.382 e. The highest BCUT2D eigenvalue weighted by molar-refractivity contribution is 5.78. The van der Waals surface area contributed by atoms with Crippen LogP contribution in [-0.4, -0.2) is 23.9 Å². The molecule has 1 heterocycles. The van der Waals surface area contributed by atoms with Crippen LogP contribution in [0.5, 0.6) is 0 Å². The van der Waals surface area contributed by atoms with Gasteiger partial charge in [0.25, 0.3) is 0 Å². The van der Waals surface area contributed by atoms with Crippen LogP contribution in [0.1, 0.15) is 18.1 Å². The number of nitrogens with one attached hydrogen (secondary N) is 2. The Balaban J connectivity index is 1.79. The molecule has 0 saturated carbocycles. The molecule has 0 spiro atoms. The Bertz CT molecular complexity index is 738. The van der Waals surface area contributed by atoms with Crippen molar-refractivity contribution in [2.75, 3.05) is 13.7 Å². The van der Waals surface area contributed by atoms with Crippen molar-refractivity contribution in [1.29, 1.82) is 0 Å². The summed E-state index contributed by atoms with van der Waals surface area (Å²) in [4.78, 5) is 0. The maximum absolute atomic E-state index is 5.43. The third kappa shape index (κ3) is 3.03. The number of aromatic amines is 1. The van der Waals surface area contributed by atoms with Gasteiger partial charge in [-0.05, 0) is 24.1 Å². The Morgan fingerprint density at radius 2 is 2.00 bits per heavy atom. The molecule has 0 saturated heterocycles. The predicted molar refractivity (Wildman–Crippen MR) is 88.6 cm³/mol. The molecule has 3 rings (SSSR count).